The molecule has 0 unspecified atom stereocenters. The fourth-order valence-electron chi connectivity index (χ4n) is 2.23. The quantitative estimate of drug-likeness (QED) is 0.327. The van der Waals surface area contributed by atoms with Crippen LogP contribution < -0.4 is 10.6 Å². The van der Waals surface area contributed by atoms with E-state index >= 15 is 0 Å². The molecule has 150 valence electrons. The van der Waals surface area contributed by atoms with Crippen molar-refractivity contribution in [1.29, 1.82) is 0 Å². The van der Waals surface area contributed by atoms with Gasteiger partial charge in [-0.15, -0.1) is 0 Å². The Labute approximate surface area is 173 Å². The second-order valence-corrected chi connectivity index (χ2v) is 6.70. The number of nitro benzene ring substituents is 1. The van der Waals surface area contributed by atoms with Gasteiger partial charge in [0.15, 0.2) is 5.11 Å². The van der Waals surface area contributed by atoms with Crippen molar-refractivity contribution >= 4 is 46.6 Å². The fraction of sp³-hybridized carbons (Fsp3) is 0.150. The van der Waals surface area contributed by atoms with E-state index in [9.17, 15) is 19.7 Å². The fourth-order valence-corrected chi connectivity index (χ4v) is 2.45. The van der Waals surface area contributed by atoms with Gasteiger partial charge in [0.25, 0.3) is 5.69 Å². The Morgan fingerprint density at radius 1 is 1.10 bits per heavy atom. The number of non-ortho nitro benzene ring substituents is 1. The van der Waals surface area contributed by atoms with Crippen molar-refractivity contribution < 1.29 is 14.5 Å². The molecule has 0 saturated carbocycles. The van der Waals surface area contributed by atoms with Gasteiger partial charge in [-0.05, 0) is 53.7 Å². The molecule has 29 heavy (non-hydrogen) atoms. The molecule has 0 aliphatic heterocycles. The Hall–Kier alpha value is -3.59. The van der Waals surface area contributed by atoms with Crippen molar-refractivity contribution in [3.05, 3.63) is 75.8 Å². The monoisotopic (exact) mass is 412 g/mol. The number of carbonyl (C=O) groups is 2. The molecule has 0 bridgehead atoms. The summed E-state index contributed by atoms with van der Waals surface area (Å²) in [6.07, 6.45) is 3.12. The lowest BCUT2D eigenvalue weighted by Gasteiger charge is -2.11. The minimum absolute atomic E-state index is 0.00769. The Morgan fingerprint density at radius 3 is 2.28 bits per heavy atom. The molecule has 0 aromatic heterocycles. The zero-order valence-electron chi connectivity index (χ0n) is 15.9. The number of nitrogens with one attached hydrogen (secondary N) is 2. The number of amides is 2. The summed E-state index contributed by atoms with van der Waals surface area (Å²) >= 11 is 5.11. The van der Waals surface area contributed by atoms with Gasteiger partial charge < -0.3 is 10.2 Å². The molecule has 8 nitrogen and oxygen atoms in total. The maximum Gasteiger partial charge on any atom is 0.269 e. The molecule has 0 atom stereocenters. The number of hydrogen-bond acceptors (Lipinski definition) is 5. The highest BCUT2D eigenvalue weighted by atomic mass is 32.1. The molecule has 0 aliphatic rings. The molecule has 2 amide bonds. The molecule has 2 aromatic carbocycles. The van der Waals surface area contributed by atoms with E-state index < -0.39 is 10.8 Å². The first kappa shape index (κ1) is 21.7. The lowest BCUT2D eigenvalue weighted by Crippen LogP contribution is -2.32. The normalized spacial score (nSPS) is 10.4. The zero-order valence-corrected chi connectivity index (χ0v) is 16.7. The van der Waals surface area contributed by atoms with Crippen molar-refractivity contribution in [2.45, 2.75) is 6.42 Å². The van der Waals surface area contributed by atoms with Crippen molar-refractivity contribution in [1.82, 2.24) is 10.2 Å². The summed E-state index contributed by atoms with van der Waals surface area (Å²) < 4.78 is 0. The Morgan fingerprint density at radius 2 is 1.72 bits per heavy atom. The summed E-state index contributed by atoms with van der Waals surface area (Å²) in [5, 5.41) is 16.2. The average Bonchev–Trinajstić information content (AvgIpc) is 2.68. The smallest absolute Gasteiger partial charge is 0.269 e. The van der Waals surface area contributed by atoms with Gasteiger partial charge in [-0.1, -0.05) is 12.1 Å². The van der Waals surface area contributed by atoms with Crippen LogP contribution in [0, 0.1) is 10.1 Å². The number of likely N-dealkylation sites (N-methyl/N-ethyl adjacent to an activating group) is 1. The van der Waals surface area contributed by atoms with E-state index in [0.717, 1.165) is 5.56 Å². The summed E-state index contributed by atoms with van der Waals surface area (Å²) in [5.74, 6) is -0.428. The van der Waals surface area contributed by atoms with E-state index in [4.69, 9.17) is 12.2 Å². The molecule has 0 spiro atoms. The minimum atomic E-state index is -0.489. The predicted molar refractivity (Wildman–Crippen MR) is 115 cm³/mol. The standard InChI is InChI=1S/C20H20N4O4S/c1-23(2)19(26)13-15-3-8-16(9-4-15)21-20(29)22-18(25)12-7-14-5-10-17(11-6-14)24(27)28/h3-12H,13H2,1-2H3,(H2,21,22,25,29)/b12-7+. The molecule has 2 aromatic rings. The van der Waals surface area contributed by atoms with Crippen molar-refractivity contribution in [2.24, 2.45) is 0 Å². The Bertz CT molecular complexity index is 938. The molecule has 0 radical (unpaired) electrons. The largest absolute Gasteiger partial charge is 0.349 e. The summed E-state index contributed by atoms with van der Waals surface area (Å²) in [7, 11) is 3.41. The second kappa shape index (κ2) is 10.1. The molecular formula is C20H20N4O4S. The van der Waals surface area contributed by atoms with Gasteiger partial charge in [-0.25, -0.2) is 0 Å². The van der Waals surface area contributed by atoms with Gasteiger partial charge in [0.1, 0.15) is 0 Å². The summed E-state index contributed by atoms with van der Waals surface area (Å²) in [6, 6.07) is 13.0. The van der Waals surface area contributed by atoms with Crippen LogP contribution in [0.5, 0.6) is 0 Å². The maximum absolute atomic E-state index is 12.0. The van der Waals surface area contributed by atoms with E-state index in [0.29, 0.717) is 17.7 Å². The third-order valence-electron chi connectivity index (χ3n) is 3.83. The van der Waals surface area contributed by atoms with Crippen LogP contribution in [0.2, 0.25) is 0 Å². The number of hydrogen-bond donors (Lipinski definition) is 2. The van der Waals surface area contributed by atoms with Crippen molar-refractivity contribution in [3.8, 4) is 0 Å². The highest BCUT2D eigenvalue weighted by molar-refractivity contribution is 7.80. The van der Waals surface area contributed by atoms with Crippen LogP contribution in [0.3, 0.4) is 0 Å². The molecular weight excluding hydrogens is 392 g/mol. The van der Waals surface area contributed by atoms with Crippen molar-refractivity contribution in [2.75, 3.05) is 19.4 Å². The lowest BCUT2D eigenvalue weighted by atomic mass is 10.1. The molecule has 0 saturated heterocycles. The van der Waals surface area contributed by atoms with Gasteiger partial charge in [0, 0.05) is 38.0 Å². The predicted octanol–water partition coefficient (Wildman–Crippen LogP) is 2.75. The Kier molecular flexibility index (Phi) is 7.55. The van der Waals surface area contributed by atoms with E-state index in [-0.39, 0.29) is 16.7 Å². The van der Waals surface area contributed by atoms with Crippen LogP contribution in [0.1, 0.15) is 11.1 Å². The Balaban J connectivity index is 1.85. The molecule has 2 N–H and O–H groups in total. The van der Waals surface area contributed by atoms with E-state index in [1.54, 1.807) is 38.4 Å². The lowest BCUT2D eigenvalue weighted by molar-refractivity contribution is -0.384. The first-order valence-electron chi connectivity index (χ1n) is 8.58. The number of nitrogens with zero attached hydrogens (tertiary/aromatic N) is 2. The van der Waals surface area contributed by atoms with Gasteiger partial charge in [0.2, 0.25) is 11.8 Å². The number of nitro groups is 1. The summed E-state index contributed by atoms with van der Waals surface area (Å²) in [4.78, 5) is 35.3. The third-order valence-corrected chi connectivity index (χ3v) is 4.04. The molecule has 0 aliphatic carbocycles. The maximum atomic E-state index is 12.0. The highest BCUT2D eigenvalue weighted by Gasteiger charge is 2.07. The first-order valence-corrected chi connectivity index (χ1v) is 8.99. The topological polar surface area (TPSA) is 105 Å². The van der Waals surface area contributed by atoms with E-state index in [1.807, 2.05) is 12.1 Å². The minimum Gasteiger partial charge on any atom is -0.349 e. The third kappa shape index (κ3) is 7.15. The number of carbonyl (C=O) groups excluding carboxylic acids is 2. The molecule has 0 heterocycles. The first-order chi connectivity index (χ1) is 13.7. The number of benzene rings is 2. The van der Waals surface area contributed by atoms with Crippen LogP contribution in [0.15, 0.2) is 54.6 Å². The van der Waals surface area contributed by atoms with Crippen LogP contribution >= 0.6 is 12.2 Å². The van der Waals surface area contributed by atoms with Gasteiger partial charge in [-0.3, -0.25) is 25.0 Å². The van der Waals surface area contributed by atoms with E-state index in [1.165, 1.54) is 29.2 Å². The van der Waals surface area contributed by atoms with Crippen molar-refractivity contribution in [3.63, 3.8) is 0 Å². The second-order valence-electron chi connectivity index (χ2n) is 6.29. The SMILES string of the molecule is CN(C)C(=O)Cc1ccc(NC(=S)NC(=O)/C=C/c2ccc([N+](=O)[O-])cc2)cc1. The van der Waals surface area contributed by atoms with E-state index in [2.05, 4.69) is 10.6 Å². The van der Waals surface area contributed by atoms with Crippen LogP contribution in [-0.4, -0.2) is 40.8 Å². The van der Waals surface area contributed by atoms with Crippen LogP contribution in [0.25, 0.3) is 6.08 Å². The number of rotatable bonds is 6. The van der Waals surface area contributed by atoms with Crippen LogP contribution in [0.4, 0.5) is 11.4 Å². The zero-order chi connectivity index (χ0) is 21.4. The highest BCUT2D eigenvalue weighted by Crippen LogP contribution is 2.13. The summed E-state index contributed by atoms with van der Waals surface area (Å²) in [6.45, 7) is 0. The van der Waals surface area contributed by atoms with Gasteiger partial charge in [-0.2, -0.15) is 0 Å². The molecule has 0 fully saturated rings. The van der Waals surface area contributed by atoms with Crippen LogP contribution in [-0.2, 0) is 16.0 Å². The number of thiocarbonyl (C=S) groups is 1. The van der Waals surface area contributed by atoms with Gasteiger partial charge in [0.05, 0.1) is 11.3 Å². The molecule has 9 heteroatoms. The average molecular weight is 412 g/mol. The molecule has 2 rings (SSSR count). The van der Waals surface area contributed by atoms with Gasteiger partial charge >= 0.3 is 0 Å². The number of anilines is 1. The summed E-state index contributed by atoms with van der Waals surface area (Å²) in [5.41, 5.74) is 2.17.